The summed E-state index contributed by atoms with van der Waals surface area (Å²) in [6.07, 6.45) is 11.2. The SMILES string of the molecule is CC.NC(=O)c1ccc(-c2csc(SCC=O)n2)cc1.NC1CCCN(CC2=CC(Cl)=C(Cl)CC=C2)CC1. The molecule has 4 N–H and O–H groups in total. The van der Waals surface area contributed by atoms with Gasteiger partial charge in [0.2, 0.25) is 5.91 Å². The Morgan fingerprint density at radius 1 is 1.21 bits per heavy atom. The molecule has 1 unspecified atom stereocenters. The first-order chi connectivity index (χ1) is 18.4. The average Bonchev–Trinajstić information content (AvgIpc) is 3.23. The molecule has 1 saturated heterocycles. The Balaban J connectivity index is 0.000000251. The van der Waals surface area contributed by atoms with Crippen LogP contribution in [0.15, 0.2) is 67.9 Å². The van der Waals surface area contributed by atoms with E-state index in [9.17, 15) is 9.59 Å². The van der Waals surface area contributed by atoms with Crippen molar-refractivity contribution in [1.29, 1.82) is 0 Å². The maximum atomic E-state index is 10.9. The van der Waals surface area contributed by atoms with Crippen molar-refractivity contribution in [2.24, 2.45) is 11.5 Å². The molecule has 1 fully saturated rings. The van der Waals surface area contributed by atoms with Gasteiger partial charge in [-0.3, -0.25) is 9.69 Å². The molecule has 1 aliphatic heterocycles. The fraction of sp³-hybridized carbons (Fsp3) is 0.393. The number of allylic oxidation sites excluding steroid dienone is 4. The highest BCUT2D eigenvalue weighted by Gasteiger charge is 2.15. The molecule has 0 saturated carbocycles. The summed E-state index contributed by atoms with van der Waals surface area (Å²) in [7, 11) is 0. The fourth-order valence-electron chi connectivity index (χ4n) is 3.76. The van der Waals surface area contributed by atoms with Gasteiger partial charge in [-0.25, -0.2) is 4.98 Å². The van der Waals surface area contributed by atoms with Gasteiger partial charge in [0.25, 0.3) is 0 Å². The van der Waals surface area contributed by atoms with Crippen LogP contribution in [0.1, 0.15) is 49.9 Å². The first kappa shape index (κ1) is 32.3. The molecule has 6 nitrogen and oxygen atoms in total. The van der Waals surface area contributed by atoms with Gasteiger partial charge < -0.3 is 16.3 Å². The lowest BCUT2D eigenvalue weighted by atomic mass is 10.1. The number of nitrogens with two attached hydrogens (primary N) is 2. The van der Waals surface area contributed by atoms with Crippen LogP contribution in [0.4, 0.5) is 0 Å². The van der Waals surface area contributed by atoms with E-state index in [4.69, 9.17) is 34.7 Å². The molecule has 0 spiro atoms. The molecule has 1 aliphatic carbocycles. The number of hydrogen-bond acceptors (Lipinski definition) is 7. The molecule has 1 aromatic heterocycles. The van der Waals surface area contributed by atoms with Crippen LogP contribution in [0.25, 0.3) is 11.3 Å². The van der Waals surface area contributed by atoms with Crippen molar-refractivity contribution in [2.45, 2.75) is 49.9 Å². The number of likely N-dealkylation sites (tertiary alicyclic amines) is 1. The van der Waals surface area contributed by atoms with E-state index in [-0.39, 0.29) is 0 Å². The standard InChI is InChI=1S/C14H20Cl2N2.C12H10N2O2S2.C2H6/c15-13-5-1-3-11(9-14(13)16)10-18-7-2-4-12(17)6-8-18;13-11(16)9-3-1-8(2-4-9)10-7-18-12(14-10)17-6-5-15;1-2/h1,3,9,12H,2,4-8,10,17H2;1-5,7H,6H2,(H2,13,16);1-2H3. The highest BCUT2D eigenvalue weighted by atomic mass is 35.5. The molecule has 1 amide bonds. The molecule has 38 heavy (non-hydrogen) atoms. The fourth-order valence-corrected chi connectivity index (χ4v) is 5.67. The minimum atomic E-state index is -0.443. The zero-order chi connectivity index (χ0) is 27.9. The number of thioether (sulfide) groups is 1. The molecule has 206 valence electrons. The number of nitrogens with zero attached hydrogens (tertiary/aromatic N) is 2. The summed E-state index contributed by atoms with van der Waals surface area (Å²) in [6.45, 7) is 7.12. The lowest BCUT2D eigenvalue weighted by Crippen LogP contribution is -2.28. The van der Waals surface area contributed by atoms with Crippen molar-refractivity contribution in [2.75, 3.05) is 25.4 Å². The van der Waals surface area contributed by atoms with Crippen molar-refractivity contribution >= 4 is 58.5 Å². The van der Waals surface area contributed by atoms with Crippen LogP contribution in [0.5, 0.6) is 0 Å². The maximum Gasteiger partial charge on any atom is 0.248 e. The number of thiazole rings is 1. The van der Waals surface area contributed by atoms with Gasteiger partial charge in [0.15, 0.2) is 4.34 Å². The largest absolute Gasteiger partial charge is 0.366 e. The second kappa shape index (κ2) is 17.6. The number of hydrogen-bond donors (Lipinski definition) is 2. The number of carbonyl (C=O) groups excluding carboxylic acids is 2. The Morgan fingerprint density at radius 2 is 1.95 bits per heavy atom. The van der Waals surface area contributed by atoms with E-state index in [1.807, 2.05) is 37.4 Å². The molecular formula is C28H36Cl2N4O2S2. The zero-order valence-corrected chi connectivity index (χ0v) is 25.0. The highest BCUT2D eigenvalue weighted by Crippen LogP contribution is 2.28. The quantitative estimate of drug-likeness (QED) is 0.276. The van der Waals surface area contributed by atoms with Crippen molar-refractivity contribution in [3.63, 3.8) is 0 Å². The number of carbonyl (C=O) groups is 2. The van der Waals surface area contributed by atoms with Crippen LogP contribution in [0.2, 0.25) is 0 Å². The van der Waals surface area contributed by atoms with Crippen molar-refractivity contribution in [3.8, 4) is 11.3 Å². The summed E-state index contributed by atoms with van der Waals surface area (Å²) in [5.74, 6) is -0.0323. The summed E-state index contributed by atoms with van der Waals surface area (Å²) in [6, 6.07) is 7.34. The third-order valence-corrected chi connectivity index (χ3v) is 8.40. The first-order valence-corrected chi connectivity index (χ1v) is 15.3. The summed E-state index contributed by atoms with van der Waals surface area (Å²) < 4.78 is 0.857. The van der Waals surface area contributed by atoms with Gasteiger partial charge in [-0.1, -0.05) is 73.1 Å². The lowest BCUT2D eigenvalue weighted by molar-refractivity contribution is -0.105. The van der Waals surface area contributed by atoms with E-state index in [0.717, 1.165) is 65.8 Å². The van der Waals surface area contributed by atoms with E-state index >= 15 is 0 Å². The summed E-state index contributed by atoms with van der Waals surface area (Å²) in [4.78, 5) is 28.1. The molecular weight excluding hydrogens is 559 g/mol. The molecule has 4 rings (SSSR count). The second-order valence-electron chi connectivity index (χ2n) is 8.46. The van der Waals surface area contributed by atoms with Gasteiger partial charge in [-0.05, 0) is 56.1 Å². The lowest BCUT2D eigenvalue weighted by Gasteiger charge is -2.20. The molecule has 0 radical (unpaired) electrons. The van der Waals surface area contributed by atoms with Crippen LogP contribution in [-0.2, 0) is 4.79 Å². The number of primary amides is 1. The minimum Gasteiger partial charge on any atom is -0.366 e. The highest BCUT2D eigenvalue weighted by molar-refractivity contribution is 8.01. The van der Waals surface area contributed by atoms with Gasteiger partial charge >= 0.3 is 0 Å². The average molecular weight is 596 g/mol. The van der Waals surface area contributed by atoms with Crippen molar-refractivity contribution in [1.82, 2.24) is 9.88 Å². The van der Waals surface area contributed by atoms with Crippen molar-refractivity contribution < 1.29 is 9.59 Å². The topological polar surface area (TPSA) is 102 Å². The van der Waals surface area contributed by atoms with Crippen LogP contribution >= 0.6 is 46.3 Å². The van der Waals surface area contributed by atoms with E-state index in [2.05, 4.69) is 22.0 Å². The van der Waals surface area contributed by atoms with Gasteiger partial charge in [-0.15, -0.1) is 11.3 Å². The zero-order valence-electron chi connectivity index (χ0n) is 21.9. The summed E-state index contributed by atoms with van der Waals surface area (Å²) in [5, 5.41) is 3.32. The van der Waals surface area contributed by atoms with Crippen LogP contribution in [0.3, 0.4) is 0 Å². The smallest absolute Gasteiger partial charge is 0.248 e. The Kier molecular flexibility index (Phi) is 15.0. The van der Waals surface area contributed by atoms with E-state index in [1.165, 1.54) is 35.1 Å². The monoisotopic (exact) mass is 594 g/mol. The predicted octanol–water partition coefficient (Wildman–Crippen LogP) is 6.60. The molecule has 0 bridgehead atoms. The van der Waals surface area contributed by atoms with Gasteiger partial charge in [0.1, 0.15) is 6.29 Å². The molecule has 10 heteroatoms. The van der Waals surface area contributed by atoms with E-state index in [1.54, 1.807) is 12.1 Å². The first-order valence-electron chi connectivity index (χ1n) is 12.7. The number of amides is 1. The number of benzene rings is 1. The molecule has 1 atom stereocenters. The van der Waals surface area contributed by atoms with Crippen LogP contribution in [0, 0.1) is 0 Å². The third kappa shape index (κ3) is 11.0. The minimum absolute atomic E-state index is 0.367. The summed E-state index contributed by atoms with van der Waals surface area (Å²) in [5.41, 5.74) is 14.6. The van der Waals surface area contributed by atoms with Crippen LogP contribution < -0.4 is 11.5 Å². The van der Waals surface area contributed by atoms with Crippen molar-refractivity contribution in [3.05, 3.63) is 69.1 Å². The van der Waals surface area contributed by atoms with Gasteiger partial charge in [0, 0.05) is 40.5 Å². The van der Waals surface area contributed by atoms with Gasteiger partial charge in [0.05, 0.1) is 16.5 Å². The second-order valence-corrected chi connectivity index (χ2v) is 11.5. The van der Waals surface area contributed by atoms with Crippen LogP contribution in [-0.4, -0.2) is 53.5 Å². The third-order valence-electron chi connectivity index (χ3n) is 5.69. The Morgan fingerprint density at radius 3 is 2.63 bits per heavy atom. The number of aldehydes is 1. The summed E-state index contributed by atoms with van der Waals surface area (Å²) >= 11 is 15.1. The molecule has 2 aliphatic rings. The maximum absolute atomic E-state index is 10.9. The number of aromatic nitrogens is 1. The Labute approximate surface area is 244 Å². The normalized spacial score (nSPS) is 17.7. The van der Waals surface area contributed by atoms with E-state index < -0.39 is 5.91 Å². The van der Waals surface area contributed by atoms with E-state index in [0.29, 0.717) is 22.4 Å². The predicted molar refractivity (Wildman–Crippen MR) is 163 cm³/mol. The van der Waals surface area contributed by atoms with Gasteiger partial charge in [-0.2, -0.15) is 0 Å². The molecule has 2 aromatic rings. The number of halogens is 2. The molecule has 1 aromatic carbocycles. The molecule has 2 heterocycles. The Hall–Kier alpha value is -1.94. The Bertz CT molecular complexity index is 1130. The number of rotatable bonds is 7.